The van der Waals surface area contributed by atoms with Crippen molar-refractivity contribution < 1.29 is 29.9 Å². The Morgan fingerprint density at radius 3 is 2.21 bits per heavy atom. The third kappa shape index (κ3) is 4.83. The highest BCUT2D eigenvalue weighted by atomic mass is 35.5. The van der Waals surface area contributed by atoms with E-state index in [1.54, 1.807) is 31.2 Å². The lowest BCUT2D eigenvalue weighted by Crippen LogP contribution is -2.77. The Morgan fingerprint density at radius 2 is 1.59 bits per heavy atom. The topological polar surface area (TPSA) is 118 Å². The van der Waals surface area contributed by atoms with E-state index in [0.717, 1.165) is 11.4 Å². The highest BCUT2D eigenvalue weighted by Crippen LogP contribution is 2.53. The van der Waals surface area contributed by atoms with Crippen molar-refractivity contribution in [3.63, 3.8) is 0 Å². The van der Waals surface area contributed by atoms with Gasteiger partial charge in [-0.2, -0.15) is 0 Å². The van der Waals surface area contributed by atoms with Crippen molar-refractivity contribution in [2.45, 2.75) is 19.4 Å². The summed E-state index contributed by atoms with van der Waals surface area (Å²) in [6.07, 6.45) is 0. The molecular formula is C30H30ClN3O5. The Bertz CT molecular complexity index is 1410. The van der Waals surface area contributed by atoms with E-state index in [4.69, 9.17) is 11.6 Å². The van der Waals surface area contributed by atoms with Crippen LogP contribution in [0.15, 0.2) is 84.4 Å². The quantitative estimate of drug-likeness (QED) is 0.212. The summed E-state index contributed by atoms with van der Waals surface area (Å²) >= 11 is 5.90. The second kappa shape index (κ2) is 11.8. The Hall–Kier alpha value is -3.98. The van der Waals surface area contributed by atoms with Gasteiger partial charge in [0.05, 0.1) is 18.8 Å². The molecule has 1 unspecified atom stereocenters. The summed E-state index contributed by atoms with van der Waals surface area (Å²) in [6.45, 7) is 4.58. The summed E-state index contributed by atoms with van der Waals surface area (Å²) in [5.74, 6) is -3.30. The fourth-order valence-corrected chi connectivity index (χ4v) is 5.27. The average molecular weight is 548 g/mol. The number of quaternary nitrogens is 1. The maximum absolute atomic E-state index is 13.7. The highest BCUT2D eigenvalue weighted by Gasteiger charge is 2.65. The second-order valence-electron chi connectivity index (χ2n) is 9.02. The van der Waals surface area contributed by atoms with Crippen LogP contribution in [0.5, 0.6) is 0 Å². The summed E-state index contributed by atoms with van der Waals surface area (Å²) < 4.78 is 0. The van der Waals surface area contributed by atoms with E-state index in [9.17, 15) is 24.6 Å². The molecule has 1 saturated heterocycles. The number of Topliss-reactive ketones (excluding diaryl/α,β-unsaturated/α-hetero) is 1. The van der Waals surface area contributed by atoms with E-state index < -0.39 is 41.1 Å². The first-order chi connectivity index (χ1) is 18.8. The lowest BCUT2D eigenvalue weighted by Gasteiger charge is -2.35. The van der Waals surface area contributed by atoms with E-state index in [0.29, 0.717) is 16.3 Å². The summed E-state index contributed by atoms with van der Waals surface area (Å²) in [5.41, 5.74) is 0.0385. The van der Waals surface area contributed by atoms with Gasteiger partial charge in [0.2, 0.25) is 5.78 Å². The van der Waals surface area contributed by atoms with Crippen molar-refractivity contribution >= 4 is 46.3 Å². The normalized spacial score (nSPS) is 19.3. The molecule has 202 valence electrons. The number of rotatable bonds is 6. The minimum Gasteiger partial charge on any atom is -0.872 e. The lowest BCUT2D eigenvalue weighted by molar-refractivity contribution is -0.567. The molecule has 3 aromatic rings. The predicted octanol–water partition coefficient (Wildman–Crippen LogP) is 1.98. The number of hydrogen-bond acceptors (Lipinski definition) is 5. The van der Waals surface area contributed by atoms with Crippen molar-refractivity contribution in [3.05, 3.63) is 101 Å². The van der Waals surface area contributed by atoms with Crippen molar-refractivity contribution in [2.24, 2.45) is 0 Å². The Labute approximate surface area is 232 Å². The molecule has 8 nitrogen and oxygen atoms in total. The summed E-state index contributed by atoms with van der Waals surface area (Å²) in [5, 5.41) is 25.6. The fourth-order valence-electron chi connectivity index (χ4n) is 5.14. The van der Waals surface area contributed by atoms with Gasteiger partial charge < -0.3 is 25.3 Å². The molecule has 1 atom stereocenters. The SMILES string of the molecule is CCN1C(=O)C2(/C(=C(\[O-])c3ccc(Cl)cc3)C(=O)C(=O)N2CCO)c2ccccc21.CC[NH2+]c1ccccc1. The molecule has 0 bridgehead atoms. The number of nitrogens with two attached hydrogens (primary N) is 1. The molecule has 0 aromatic heterocycles. The number of fused-ring (bicyclic) bond motifs is 2. The zero-order chi connectivity index (χ0) is 28.2. The lowest BCUT2D eigenvalue weighted by atomic mass is 9.82. The Kier molecular flexibility index (Phi) is 8.50. The Morgan fingerprint density at radius 1 is 0.949 bits per heavy atom. The summed E-state index contributed by atoms with van der Waals surface area (Å²) in [7, 11) is 0. The third-order valence-corrected chi connectivity index (χ3v) is 7.04. The van der Waals surface area contributed by atoms with Gasteiger partial charge in [0.1, 0.15) is 5.69 Å². The maximum Gasteiger partial charge on any atom is 0.296 e. The molecule has 5 rings (SSSR count). The number of ketones is 1. The van der Waals surface area contributed by atoms with Crippen LogP contribution in [0.2, 0.25) is 5.02 Å². The third-order valence-electron chi connectivity index (χ3n) is 6.79. The molecule has 1 spiro atoms. The van der Waals surface area contributed by atoms with Crippen molar-refractivity contribution in [2.75, 3.05) is 31.1 Å². The zero-order valence-electron chi connectivity index (χ0n) is 21.8. The van der Waals surface area contributed by atoms with Gasteiger partial charge in [-0.25, -0.2) is 0 Å². The molecular weight excluding hydrogens is 518 g/mol. The van der Waals surface area contributed by atoms with Crippen molar-refractivity contribution in [1.29, 1.82) is 0 Å². The smallest absolute Gasteiger partial charge is 0.296 e. The molecule has 3 aromatic carbocycles. The van der Waals surface area contributed by atoms with E-state index >= 15 is 0 Å². The number of halogens is 1. The number of nitrogens with zero attached hydrogens (tertiary/aromatic N) is 2. The van der Waals surface area contributed by atoms with Gasteiger partial charge in [-0.15, -0.1) is 0 Å². The van der Waals surface area contributed by atoms with Gasteiger partial charge in [-0.3, -0.25) is 14.4 Å². The molecule has 2 aliphatic heterocycles. The maximum atomic E-state index is 13.7. The number of para-hydroxylation sites is 2. The van der Waals surface area contributed by atoms with E-state index in [1.807, 2.05) is 6.07 Å². The minimum atomic E-state index is -1.90. The first-order valence-electron chi connectivity index (χ1n) is 12.8. The molecule has 3 N–H and O–H groups in total. The number of amides is 2. The molecule has 0 aliphatic carbocycles. The summed E-state index contributed by atoms with van der Waals surface area (Å²) in [4.78, 5) is 42.1. The number of benzene rings is 3. The van der Waals surface area contributed by atoms with Crippen LogP contribution in [-0.4, -0.2) is 53.8 Å². The standard InChI is InChI=1S/C22H19ClN2O5.C8H11N/c1-2-24-16-6-4-3-5-15(16)22(21(24)30)17(19(28)20(29)25(22)11-12-26)18(27)13-7-9-14(23)10-8-13;1-2-9-8-6-4-3-5-7-8/h3-10,26-27H,2,11-12H2,1H3;3-7,9H,2H2,1H3/b18-17-;. The number of carbonyl (C=O) groups is 3. The number of hydrogen-bond donors (Lipinski definition) is 2. The molecule has 0 saturated carbocycles. The van der Waals surface area contributed by atoms with Crippen LogP contribution in [0.4, 0.5) is 11.4 Å². The summed E-state index contributed by atoms with van der Waals surface area (Å²) in [6, 6.07) is 23.0. The van der Waals surface area contributed by atoms with Crippen LogP contribution in [-0.2, 0) is 19.9 Å². The molecule has 1 fully saturated rings. The van der Waals surface area contributed by atoms with Crippen LogP contribution in [0, 0.1) is 0 Å². The predicted molar refractivity (Wildman–Crippen MR) is 147 cm³/mol. The number of likely N-dealkylation sites (N-methyl/N-ethyl adjacent to an activating group) is 1. The van der Waals surface area contributed by atoms with Crippen molar-refractivity contribution in [1.82, 2.24) is 4.90 Å². The minimum absolute atomic E-state index is 0.140. The first-order valence-corrected chi connectivity index (χ1v) is 13.1. The van der Waals surface area contributed by atoms with Gasteiger partial charge >= 0.3 is 0 Å². The highest BCUT2D eigenvalue weighted by molar-refractivity contribution is 6.50. The number of anilines is 1. The number of carbonyl (C=O) groups excluding carboxylic acids is 3. The average Bonchev–Trinajstić information content (AvgIpc) is 3.33. The Balaban J connectivity index is 0.000000333. The molecule has 0 radical (unpaired) electrons. The second-order valence-corrected chi connectivity index (χ2v) is 9.46. The molecule has 39 heavy (non-hydrogen) atoms. The molecule has 2 heterocycles. The van der Waals surface area contributed by atoms with Gasteiger partial charge in [0.15, 0.2) is 5.54 Å². The van der Waals surface area contributed by atoms with Crippen LogP contribution in [0.1, 0.15) is 25.0 Å². The number of aliphatic hydroxyl groups excluding tert-OH is 1. The molecule has 9 heteroatoms. The first kappa shape index (κ1) is 28.0. The van der Waals surface area contributed by atoms with E-state index in [1.165, 1.54) is 34.9 Å². The monoisotopic (exact) mass is 547 g/mol. The van der Waals surface area contributed by atoms with Gasteiger partial charge in [-0.05, 0) is 49.7 Å². The number of aliphatic hydroxyl groups is 1. The van der Waals surface area contributed by atoms with Crippen molar-refractivity contribution in [3.8, 4) is 0 Å². The van der Waals surface area contributed by atoms with Crippen LogP contribution in [0.3, 0.4) is 0 Å². The van der Waals surface area contributed by atoms with E-state index in [-0.39, 0.29) is 18.7 Å². The van der Waals surface area contributed by atoms with Crippen LogP contribution < -0.4 is 15.3 Å². The molecule has 2 amide bonds. The van der Waals surface area contributed by atoms with Crippen LogP contribution in [0.25, 0.3) is 5.76 Å². The number of β-amino-alcohol motifs (C(OH)–C–C–N with tert-alkyl or cyclic N) is 1. The van der Waals surface area contributed by atoms with Gasteiger partial charge in [0.25, 0.3) is 11.8 Å². The van der Waals surface area contributed by atoms with Gasteiger partial charge in [-0.1, -0.05) is 65.9 Å². The number of likely N-dealkylation sites (tertiary alicyclic amines) is 1. The molecule has 2 aliphatic rings. The zero-order valence-corrected chi connectivity index (χ0v) is 22.5. The van der Waals surface area contributed by atoms with Crippen LogP contribution >= 0.6 is 11.6 Å². The van der Waals surface area contributed by atoms with Gasteiger partial charge in [0, 0.05) is 29.2 Å². The fraction of sp³-hybridized carbons (Fsp3) is 0.233. The largest absolute Gasteiger partial charge is 0.872 e. The van der Waals surface area contributed by atoms with E-state index in [2.05, 4.69) is 36.5 Å².